The molecule has 8 heteroatoms. The zero-order valence-electron chi connectivity index (χ0n) is 16.6. The van der Waals surface area contributed by atoms with E-state index in [0.717, 1.165) is 5.56 Å². The molecule has 1 aromatic carbocycles. The Bertz CT molecular complexity index is 682. The minimum absolute atomic E-state index is 0.273. The number of rotatable bonds is 12. The lowest BCUT2D eigenvalue weighted by Gasteiger charge is -2.31. The van der Waals surface area contributed by atoms with Crippen LogP contribution in [0.15, 0.2) is 30.3 Å². The van der Waals surface area contributed by atoms with E-state index in [1.165, 1.54) is 4.90 Å². The maximum absolute atomic E-state index is 13.0. The number of carboxylic acids is 2. The summed E-state index contributed by atoms with van der Waals surface area (Å²) in [5.74, 6) is -2.66. The third-order valence-electron chi connectivity index (χ3n) is 5.32. The minimum Gasteiger partial charge on any atom is -0.548 e. The molecule has 1 aliphatic rings. The smallest absolute Gasteiger partial charge is 0.326 e. The molecular formula is C21H30N3O5-. The number of likely N-dealkylation sites (tertiary alicyclic amines) is 1. The van der Waals surface area contributed by atoms with Crippen LogP contribution in [-0.2, 0) is 20.8 Å². The zero-order valence-corrected chi connectivity index (χ0v) is 16.6. The molecule has 0 radical (unpaired) electrons. The van der Waals surface area contributed by atoms with Gasteiger partial charge in [-0.2, -0.15) is 0 Å². The van der Waals surface area contributed by atoms with Crippen molar-refractivity contribution in [3.63, 3.8) is 0 Å². The molecule has 0 saturated carbocycles. The molecule has 3 atom stereocenters. The molecule has 8 nitrogen and oxygen atoms in total. The maximum Gasteiger partial charge on any atom is 0.326 e. The molecular weight excluding hydrogens is 374 g/mol. The topological polar surface area (TPSA) is 136 Å². The molecule has 0 spiro atoms. The van der Waals surface area contributed by atoms with Gasteiger partial charge in [-0.3, -0.25) is 10.1 Å². The van der Waals surface area contributed by atoms with Gasteiger partial charge in [0.05, 0.1) is 12.0 Å². The largest absolute Gasteiger partial charge is 0.548 e. The molecule has 0 bridgehead atoms. The standard InChI is InChI=1S/C21H31N3O5/c22-13-5-4-9-16(19(25)24-14-6-10-18(24)21(28)29)23-17(20(26)27)12-11-15-7-2-1-3-8-15/h1-3,7-8,16-18,23H,4-6,9-14,22H2,(H,26,27)(H,28,29)/p-1. The maximum atomic E-state index is 13.0. The van der Waals surface area contributed by atoms with Crippen molar-refractivity contribution in [2.24, 2.45) is 5.73 Å². The Morgan fingerprint density at radius 2 is 1.90 bits per heavy atom. The number of benzene rings is 1. The quantitative estimate of drug-likeness (QED) is 0.414. The lowest BCUT2D eigenvalue weighted by molar-refractivity contribution is -0.308. The van der Waals surface area contributed by atoms with Crippen LogP contribution in [0.5, 0.6) is 0 Å². The Balaban J connectivity index is 2.08. The van der Waals surface area contributed by atoms with Crippen molar-refractivity contribution < 1.29 is 24.6 Å². The van der Waals surface area contributed by atoms with E-state index in [2.05, 4.69) is 5.32 Å². The van der Waals surface area contributed by atoms with E-state index in [1.807, 2.05) is 30.3 Å². The van der Waals surface area contributed by atoms with Gasteiger partial charge in [-0.1, -0.05) is 36.8 Å². The van der Waals surface area contributed by atoms with Crippen LogP contribution < -0.4 is 16.2 Å². The third-order valence-corrected chi connectivity index (χ3v) is 5.32. The number of amides is 1. The number of nitrogens with two attached hydrogens (primary N) is 1. The molecule has 1 heterocycles. The number of hydrogen-bond donors (Lipinski definition) is 3. The minimum atomic E-state index is -1.27. The second kappa shape index (κ2) is 11.5. The molecule has 4 N–H and O–H groups in total. The number of aryl methyl sites for hydroxylation is 1. The SMILES string of the molecule is NCCCCC(NC(CCc1ccccc1)C(=O)[O-])C(=O)N1CCCC1C(=O)O. The van der Waals surface area contributed by atoms with Crippen LogP contribution in [0.2, 0.25) is 0 Å². The van der Waals surface area contributed by atoms with Crippen LogP contribution >= 0.6 is 0 Å². The van der Waals surface area contributed by atoms with Crippen molar-refractivity contribution in [1.82, 2.24) is 10.2 Å². The van der Waals surface area contributed by atoms with Gasteiger partial charge in [0.15, 0.2) is 0 Å². The van der Waals surface area contributed by atoms with Crippen LogP contribution in [0.1, 0.15) is 44.1 Å². The second-order valence-electron chi connectivity index (χ2n) is 7.43. The number of carbonyl (C=O) groups excluding carboxylic acids is 2. The lowest BCUT2D eigenvalue weighted by Crippen LogP contribution is -2.56. The van der Waals surface area contributed by atoms with E-state index in [9.17, 15) is 24.6 Å². The van der Waals surface area contributed by atoms with Gasteiger partial charge in [-0.05, 0) is 50.6 Å². The number of nitrogens with zero attached hydrogens (tertiary/aromatic N) is 1. The average molecular weight is 404 g/mol. The molecule has 29 heavy (non-hydrogen) atoms. The Hall–Kier alpha value is -2.45. The van der Waals surface area contributed by atoms with Gasteiger partial charge in [0, 0.05) is 12.6 Å². The summed E-state index contributed by atoms with van der Waals surface area (Å²) in [5, 5.41) is 24.0. The highest BCUT2D eigenvalue weighted by Crippen LogP contribution is 2.20. The summed E-state index contributed by atoms with van der Waals surface area (Å²) >= 11 is 0. The Labute approximate surface area is 171 Å². The Kier molecular flexibility index (Phi) is 9.08. The summed E-state index contributed by atoms with van der Waals surface area (Å²) in [5.41, 5.74) is 6.54. The number of aliphatic carboxylic acids is 2. The van der Waals surface area contributed by atoms with Gasteiger partial charge in [-0.15, -0.1) is 0 Å². The van der Waals surface area contributed by atoms with Gasteiger partial charge in [0.25, 0.3) is 0 Å². The molecule has 1 aliphatic heterocycles. The van der Waals surface area contributed by atoms with Gasteiger partial charge in [0.1, 0.15) is 6.04 Å². The predicted octanol–water partition coefficient (Wildman–Crippen LogP) is -0.0995. The highest BCUT2D eigenvalue weighted by atomic mass is 16.4. The summed E-state index contributed by atoms with van der Waals surface area (Å²) in [4.78, 5) is 37.5. The predicted molar refractivity (Wildman–Crippen MR) is 106 cm³/mol. The average Bonchev–Trinajstić information content (AvgIpc) is 3.20. The molecule has 0 aliphatic carbocycles. The fraction of sp³-hybridized carbons (Fsp3) is 0.571. The van der Waals surface area contributed by atoms with E-state index < -0.39 is 30.1 Å². The number of unbranched alkanes of at least 4 members (excludes halogenated alkanes) is 1. The first-order chi connectivity index (χ1) is 13.9. The van der Waals surface area contributed by atoms with E-state index >= 15 is 0 Å². The Morgan fingerprint density at radius 3 is 2.52 bits per heavy atom. The summed E-state index contributed by atoms with van der Waals surface area (Å²) in [6, 6.07) is 6.85. The number of hydrogen-bond acceptors (Lipinski definition) is 6. The van der Waals surface area contributed by atoms with Crippen molar-refractivity contribution in [1.29, 1.82) is 0 Å². The summed E-state index contributed by atoms with van der Waals surface area (Å²) in [7, 11) is 0. The van der Waals surface area contributed by atoms with Gasteiger partial charge < -0.3 is 25.6 Å². The number of nitrogens with one attached hydrogen (secondary N) is 1. The van der Waals surface area contributed by atoms with Crippen molar-refractivity contribution in [3.05, 3.63) is 35.9 Å². The molecule has 1 amide bonds. The summed E-state index contributed by atoms with van der Waals surface area (Å²) in [6.07, 6.45) is 3.57. The highest BCUT2D eigenvalue weighted by Gasteiger charge is 2.37. The molecule has 1 aromatic rings. The molecule has 160 valence electrons. The fourth-order valence-electron chi connectivity index (χ4n) is 3.73. The molecule has 3 unspecified atom stereocenters. The van der Waals surface area contributed by atoms with Gasteiger partial charge in [0.2, 0.25) is 5.91 Å². The number of carbonyl (C=O) groups is 3. The molecule has 1 saturated heterocycles. The van der Waals surface area contributed by atoms with E-state index in [4.69, 9.17) is 5.73 Å². The van der Waals surface area contributed by atoms with Gasteiger partial charge >= 0.3 is 5.97 Å². The number of carboxylic acid groups (broad SMARTS) is 2. The van der Waals surface area contributed by atoms with Crippen LogP contribution in [0.25, 0.3) is 0 Å². The summed E-state index contributed by atoms with van der Waals surface area (Å²) < 4.78 is 0. The normalized spacial score (nSPS) is 18.4. The Morgan fingerprint density at radius 1 is 1.17 bits per heavy atom. The van der Waals surface area contributed by atoms with Crippen LogP contribution in [0.3, 0.4) is 0 Å². The fourth-order valence-corrected chi connectivity index (χ4v) is 3.73. The molecule has 1 fully saturated rings. The molecule has 0 aromatic heterocycles. The van der Waals surface area contributed by atoms with Crippen molar-refractivity contribution in [3.8, 4) is 0 Å². The summed E-state index contributed by atoms with van der Waals surface area (Å²) in [6.45, 7) is 0.838. The lowest BCUT2D eigenvalue weighted by atomic mass is 10.0. The first-order valence-electron chi connectivity index (χ1n) is 10.2. The van der Waals surface area contributed by atoms with E-state index in [0.29, 0.717) is 51.6 Å². The first-order valence-corrected chi connectivity index (χ1v) is 10.2. The zero-order chi connectivity index (χ0) is 21.2. The molecule has 2 rings (SSSR count). The highest BCUT2D eigenvalue weighted by molar-refractivity contribution is 5.88. The third kappa shape index (κ3) is 6.83. The van der Waals surface area contributed by atoms with Crippen LogP contribution in [-0.4, -0.2) is 59.1 Å². The van der Waals surface area contributed by atoms with E-state index in [1.54, 1.807) is 0 Å². The van der Waals surface area contributed by atoms with Crippen molar-refractivity contribution in [2.75, 3.05) is 13.1 Å². The second-order valence-corrected chi connectivity index (χ2v) is 7.43. The monoisotopic (exact) mass is 404 g/mol. The van der Waals surface area contributed by atoms with Crippen molar-refractivity contribution in [2.45, 2.75) is 63.1 Å². The van der Waals surface area contributed by atoms with Crippen LogP contribution in [0, 0.1) is 0 Å². The van der Waals surface area contributed by atoms with E-state index in [-0.39, 0.29) is 12.3 Å². The van der Waals surface area contributed by atoms with Crippen molar-refractivity contribution >= 4 is 17.8 Å². The van der Waals surface area contributed by atoms with Gasteiger partial charge in [-0.25, -0.2) is 4.79 Å². The first kappa shape index (κ1) is 22.8. The van der Waals surface area contributed by atoms with Crippen LogP contribution in [0.4, 0.5) is 0 Å².